The van der Waals surface area contributed by atoms with Crippen molar-refractivity contribution in [2.45, 2.75) is 47.5 Å². The molecule has 0 saturated heterocycles. The van der Waals surface area contributed by atoms with Crippen LogP contribution in [0.15, 0.2) is 60.8 Å². The molecule has 0 fully saturated rings. The lowest BCUT2D eigenvalue weighted by Gasteiger charge is -2.15. The van der Waals surface area contributed by atoms with Gasteiger partial charge < -0.3 is 0 Å². The first-order valence-electron chi connectivity index (χ1n) is 11.6. The maximum absolute atomic E-state index is 4.91. The molecular formula is C30H31N. The van der Waals surface area contributed by atoms with E-state index in [1.54, 1.807) is 0 Å². The summed E-state index contributed by atoms with van der Waals surface area (Å²) in [6, 6.07) is 20.9. The third-order valence-corrected chi connectivity index (χ3v) is 6.31. The second-order valence-electron chi connectivity index (χ2n) is 10.0. The molecule has 0 amide bonds. The standard InChI is InChI=1S/C30H31N/c1-18(2)12-21-7-9-24-27(16-21)26-14-20(5)6-8-25(26)30-29-23(10-11-31-30)15-22(13-19(3)4)17-28(24)29/h6-11,14-19H,12-13H2,1-5H3. The minimum atomic E-state index is 0.629. The van der Waals surface area contributed by atoms with Crippen LogP contribution in [0.2, 0.25) is 0 Å². The van der Waals surface area contributed by atoms with Crippen LogP contribution in [0, 0.1) is 18.8 Å². The van der Waals surface area contributed by atoms with Crippen LogP contribution in [-0.4, -0.2) is 4.98 Å². The molecule has 1 heterocycles. The molecule has 1 heteroatoms. The number of rotatable bonds is 4. The van der Waals surface area contributed by atoms with Gasteiger partial charge in [0.05, 0.1) is 5.69 Å². The summed E-state index contributed by atoms with van der Waals surface area (Å²) in [5.41, 5.74) is 11.8. The summed E-state index contributed by atoms with van der Waals surface area (Å²) >= 11 is 0. The van der Waals surface area contributed by atoms with Gasteiger partial charge in [-0.05, 0) is 76.4 Å². The largest absolute Gasteiger partial charge is 0.256 e. The highest BCUT2D eigenvalue weighted by Crippen LogP contribution is 2.47. The zero-order valence-electron chi connectivity index (χ0n) is 19.3. The van der Waals surface area contributed by atoms with Crippen LogP contribution in [-0.2, 0) is 12.8 Å². The molecule has 1 aliphatic rings. The number of aryl methyl sites for hydroxylation is 1. The van der Waals surface area contributed by atoms with Crippen LogP contribution in [0.1, 0.15) is 44.4 Å². The van der Waals surface area contributed by atoms with Crippen molar-refractivity contribution in [2.24, 2.45) is 11.8 Å². The van der Waals surface area contributed by atoms with Crippen molar-refractivity contribution in [3.8, 4) is 33.5 Å². The molecule has 4 aromatic rings. The second-order valence-corrected chi connectivity index (χ2v) is 10.0. The van der Waals surface area contributed by atoms with E-state index in [0.29, 0.717) is 11.8 Å². The molecule has 0 aliphatic heterocycles. The van der Waals surface area contributed by atoms with Crippen molar-refractivity contribution in [2.75, 3.05) is 0 Å². The Labute approximate surface area is 186 Å². The van der Waals surface area contributed by atoms with Gasteiger partial charge in [0.2, 0.25) is 0 Å². The van der Waals surface area contributed by atoms with Crippen LogP contribution < -0.4 is 0 Å². The monoisotopic (exact) mass is 405 g/mol. The van der Waals surface area contributed by atoms with Crippen molar-refractivity contribution >= 4 is 10.8 Å². The maximum atomic E-state index is 4.91. The molecule has 0 bridgehead atoms. The molecule has 1 nitrogen and oxygen atoms in total. The maximum Gasteiger partial charge on any atom is 0.0792 e. The third-order valence-electron chi connectivity index (χ3n) is 6.31. The van der Waals surface area contributed by atoms with Gasteiger partial charge in [0, 0.05) is 17.1 Å². The van der Waals surface area contributed by atoms with Crippen LogP contribution in [0.3, 0.4) is 0 Å². The number of aromatic nitrogens is 1. The van der Waals surface area contributed by atoms with Crippen LogP contribution in [0.4, 0.5) is 0 Å². The summed E-state index contributed by atoms with van der Waals surface area (Å²) in [4.78, 5) is 4.91. The molecule has 0 saturated carbocycles. The molecule has 0 radical (unpaired) electrons. The normalized spacial score (nSPS) is 12.2. The minimum absolute atomic E-state index is 0.629. The molecule has 1 aliphatic carbocycles. The van der Waals surface area contributed by atoms with Gasteiger partial charge in [0.1, 0.15) is 0 Å². The molecule has 156 valence electrons. The van der Waals surface area contributed by atoms with Gasteiger partial charge >= 0.3 is 0 Å². The predicted octanol–water partition coefficient (Wildman–Crippen LogP) is 8.25. The summed E-state index contributed by atoms with van der Waals surface area (Å²) in [6.45, 7) is 11.4. The number of hydrogen-bond acceptors (Lipinski definition) is 1. The lowest BCUT2D eigenvalue weighted by molar-refractivity contribution is 0.647. The lowest BCUT2D eigenvalue weighted by atomic mass is 9.88. The number of nitrogens with zero attached hydrogens (tertiary/aromatic N) is 1. The zero-order valence-corrected chi connectivity index (χ0v) is 19.3. The van der Waals surface area contributed by atoms with Crippen LogP contribution in [0.5, 0.6) is 0 Å². The Kier molecular flexibility index (Phi) is 4.93. The van der Waals surface area contributed by atoms with E-state index in [9.17, 15) is 0 Å². The van der Waals surface area contributed by atoms with E-state index < -0.39 is 0 Å². The number of benzene rings is 3. The average Bonchev–Trinajstić information content (AvgIpc) is 2.82. The number of hydrogen-bond donors (Lipinski definition) is 0. The third kappa shape index (κ3) is 3.57. The summed E-state index contributed by atoms with van der Waals surface area (Å²) < 4.78 is 0. The topological polar surface area (TPSA) is 12.9 Å². The van der Waals surface area contributed by atoms with Crippen molar-refractivity contribution < 1.29 is 0 Å². The Balaban J connectivity index is 1.89. The second kappa shape index (κ2) is 7.64. The summed E-state index contributed by atoms with van der Waals surface area (Å²) in [6.07, 6.45) is 4.17. The van der Waals surface area contributed by atoms with Crippen molar-refractivity contribution in [3.05, 3.63) is 77.5 Å². The highest BCUT2D eigenvalue weighted by atomic mass is 14.7. The van der Waals surface area contributed by atoms with E-state index in [2.05, 4.69) is 89.2 Å². The van der Waals surface area contributed by atoms with E-state index in [0.717, 1.165) is 18.5 Å². The molecule has 0 N–H and O–H groups in total. The van der Waals surface area contributed by atoms with Gasteiger partial charge in [-0.15, -0.1) is 0 Å². The molecular weight excluding hydrogens is 374 g/mol. The molecule has 31 heavy (non-hydrogen) atoms. The van der Waals surface area contributed by atoms with E-state index in [4.69, 9.17) is 4.98 Å². The van der Waals surface area contributed by atoms with Gasteiger partial charge in [-0.2, -0.15) is 0 Å². The summed E-state index contributed by atoms with van der Waals surface area (Å²) in [5.74, 6) is 1.27. The summed E-state index contributed by atoms with van der Waals surface area (Å²) in [7, 11) is 0. The smallest absolute Gasteiger partial charge is 0.0792 e. The Morgan fingerprint density at radius 3 is 2.10 bits per heavy atom. The van der Waals surface area contributed by atoms with E-state index in [-0.39, 0.29) is 0 Å². The number of fused-ring (bicyclic) bond motifs is 5. The van der Waals surface area contributed by atoms with E-state index in [1.165, 1.54) is 55.3 Å². The van der Waals surface area contributed by atoms with Crippen molar-refractivity contribution in [3.63, 3.8) is 0 Å². The van der Waals surface area contributed by atoms with Crippen LogP contribution >= 0.6 is 0 Å². The molecule has 1 aromatic heterocycles. The van der Waals surface area contributed by atoms with E-state index in [1.807, 2.05) is 6.20 Å². The Morgan fingerprint density at radius 2 is 1.32 bits per heavy atom. The fraction of sp³-hybridized carbons (Fsp3) is 0.300. The Bertz CT molecular complexity index is 1290. The number of pyridine rings is 1. The highest BCUT2D eigenvalue weighted by molar-refractivity contribution is 6.12. The fourth-order valence-electron chi connectivity index (χ4n) is 5.12. The Morgan fingerprint density at radius 1 is 0.645 bits per heavy atom. The lowest BCUT2D eigenvalue weighted by Crippen LogP contribution is -1.97. The van der Waals surface area contributed by atoms with Gasteiger partial charge in [-0.3, -0.25) is 4.98 Å². The first-order chi connectivity index (χ1) is 14.9. The van der Waals surface area contributed by atoms with Crippen molar-refractivity contribution in [1.82, 2.24) is 4.98 Å². The molecule has 3 aromatic carbocycles. The Hall–Kier alpha value is -2.93. The van der Waals surface area contributed by atoms with Crippen molar-refractivity contribution in [1.29, 1.82) is 0 Å². The zero-order chi connectivity index (χ0) is 21.7. The van der Waals surface area contributed by atoms with Gasteiger partial charge in [-0.1, -0.05) is 81.8 Å². The SMILES string of the molecule is Cc1ccc2c(c1)-c1cc(CC(C)C)ccc1-c1cc(CC(C)C)cc3ccnc-2c13. The van der Waals surface area contributed by atoms with E-state index >= 15 is 0 Å². The molecule has 0 unspecified atom stereocenters. The van der Waals surface area contributed by atoms with Gasteiger partial charge in [0.25, 0.3) is 0 Å². The predicted molar refractivity (Wildman–Crippen MR) is 133 cm³/mol. The highest BCUT2D eigenvalue weighted by Gasteiger charge is 2.23. The molecule has 5 rings (SSSR count). The van der Waals surface area contributed by atoms with Gasteiger partial charge in [0.15, 0.2) is 0 Å². The molecule has 0 spiro atoms. The fourth-order valence-corrected chi connectivity index (χ4v) is 5.12. The first-order valence-corrected chi connectivity index (χ1v) is 11.6. The summed E-state index contributed by atoms with van der Waals surface area (Å²) in [5, 5.41) is 2.58. The first kappa shape index (κ1) is 20.0. The quantitative estimate of drug-likeness (QED) is 0.293. The average molecular weight is 406 g/mol. The van der Waals surface area contributed by atoms with Crippen LogP contribution in [0.25, 0.3) is 44.3 Å². The molecule has 0 atom stereocenters. The minimum Gasteiger partial charge on any atom is -0.256 e. The van der Waals surface area contributed by atoms with Gasteiger partial charge in [-0.25, -0.2) is 0 Å².